The quantitative estimate of drug-likeness (QED) is 0.923. The summed E-state index contributed by atoms with van der Waals surface area (Å²) in [6, 6.07) is 10.0. The molecular formula is C16H22N6O. The Morgan fingerprint density at radius 1 is 1.22 bits per heavy atom. The van der Waals surface area contributed by atoms with E-state index in [2.05, 4.69) is 25.7 Å². The molecule has 0 unspecified atom stereocenters. The Balaban J connectivity index is 1.67. The summed E-state index contributed by atoms with van der Waals surface area (Å²) in [7, 11) is 0. The fourth-order valence-corrected chi connectivity index (χ4v) is 2.86. The molecule has 2 heterocycles. The number of aromatic nitrogens is 4. The average molecular weight is 314 g/mol. The van der Waals surface area contributed by atoms with Gasteiger partial charge >= 0.3 is 0 Å². The third-order valence-electron chi connectivity index (χ3n) is 4.03. The molecule has 0 spiro atoms. The third kappa shape index (κ3) is 3.49. The van der Waals surface area contributed by atoms with Crippen molar-refractivity contribution in [1.82, 2.24) is 25.5 Å². The van der Waals surface area contributed by atoms with Crippen LogP contribution in [0.15, 0.2) is 30.3 Å². The molecule has 0 aliphatic carbocycles. The molecule has 1 aliphatic rings. The van der Waals surface area contributed by atoms with Crippen molar-refractivity contribution in [3.8, 4) is 5.69 Å². The number of para-hydroxylation sites is 1. The van der Waals surface area contributed by atoms with Crippen molar-refractivity contribution >= 4 is 11.9 Å². The van der Waals surface area contributed by atoms with Crippen LogP contribution in [0.3, 0.4) is 0 Å². The number of carbonyl (C=O) groups excluding carboxylic acids is 1. The smallest absolute Gasteiger partial charge is 0.250 e. The predicted octanol–water partition coefficient (Wildman–Crippen LogP) is 1.40. The maximum Gasteiger partial charge on any atom is 0.250 e. The van der Waals surface area contributed by atoms with E-state index in [0.29, 0.717) is 0 Å². The van der Waals surface area contributed by atoms with E-state index in [1.54, 1.807) is 4.68 Å². The van der Waals surface area contributed by atoms with E-state index < -0.39 is 0 Å². The lowest BCUT2D eigenvalue weighted by Crippen LogP contribution is -2.43. The van der Waals surface area contributed by atoms with E-state index in [0.717, 1.165) is 37.6 Å². The molecular weight excluding hydrogens is 292 g/mol. The highest BCUT2D eigenvalue weighted by Gasteiger charge is 2.27. The second-order valence-corrected chi connectivity index (χ2v) is 6.15. The topological polar surface area (TPSA) is 75.9 Å². The first kappa shape index (κ1) is 15.5. The standard InChI is InChI=1S/C16H22N6O/c1-12(2)17-15(23)13-8-10-21(11-9-13)16-18-19-20-22(16)14-6-4-3-5-7-14/h3-7,12-13H,8-11H2,1-2H3,(H,17,23). The number of benzene rings is 1. The third-order valence-corrected chi connectivity index (χ3v) is 4.03. The van der Waals surface area contributed by atoms with Crippen LogP contribution in [0.4, 0.5) is 5.95 Å². The van der Waals surface area contributed by atoms with Crippen molar-refractivity contribution in [2.75, 3.05) is 18.0 Å². The van der Waals surface area contributed by atoms with Gasteiger partial charge in [0.1, 0.15) is 0 Å². The second kappa shape index (κ2) is 6.76. The zero-order chi connectivity index (χ0) is 16.2. The normalized spacial score (nSPS) is 15.9. The van der Waals surface area contributed by atoms with Crippen LogP contribution >= 0.6 is 0 Å². The molecule has 1 amide bonds. The molecule has 0 bridgehead atoms. The number of amides is 1. The maximum atomic E-state index is 12.1. The Labute approximate surface area is 135 Å². The number of hydrogen-bond acceptors (Lipinski definition) is 5. The van der Waals surface area contributed by atoms with Crippen LogP contribution in [0.25, 0.3) is 5.69 Å². The predicted molar refractivity (Wildman–Crippen MR) is 87.4 cm³/mol. The highest BCUT2D eigenvalue weighted by atomic mass is 16.1. The fourth-order valence-electron chi connectivity index (χ4n) is 2.86. The molecule has 1 aliphatic heterocycles. The minimum Gasteiger partial charge on any atom is -0.354 e. The van der Waals surface area contributed by atoms with E-state index in [9.17, 15) is 4.79 Å². The first-order valence-electron chi connectivity index (χ1n) is 8.04. The highest BCUT2D eigenvalue weighted by Crippen LogP contribution is 2.23. The molecule has 1 aromatic carbocycles. The minimum absolute atomic E-state index is 0.0784. The van der Waals surface area contributed by atoms with Gasteiger partial charge in [-0.3, -0.25) is 4.79 Å². The van der Waals surface area contributed by atoms with Crippen molar-refractivity contribution in [1.29, 1.82) is 0 Å². The zero-order valence-electron chi connectivity index (χ0n) is 13.5. The molecule has 1 N–H and O–H groups in total. The van der Waals surface area contributed by atoms with Gasteiger partial charge in [-0.1, -0.05) is 23.3 Å². The Hall–Kier alpha value is -2.44. The van der Waals surface area contributed by atoms with Gasteiger partial charge < -0.3 is 10.2 Å². The van der Waals surface area contributed by atoms with Crippen molar-refractivity contribution < 1.29 is 4.79 Å². The summed E-state index contributed by atoms with van der Waals surface area (Å²) in [5, 5.41) is 15.1. The first-order chi connectivity index (χ1) is 11.1. The van der Waals surface area contributed by atoms with E-state index in [4.69, 9.17) is 0 Å². The average Bonchev–Trinajstić information content (AvgIpc) is 3.05. The molecule has 1 saturated heterocycles. The lowest BCUT2D eigenvalue weighted by Gasteiger charge is -2.31. The largest absolute Gasteiger partial charge is 0.354 e. The first-order valence-corrected chi connectivity index (χ1v) is 8.04. The number of piperidine rings is 1. The molecule has 3 rings (SSSR count). The minimum atomic E-state index is 0.0784. The number of nitrogens with zero attached hydrogens (tertiary/aromatic N) is 5. The van der Waals surface area contributed by atoms with Gasteiger partial charge in [0.05, 0.1) is 5.69 Å². The van der Waals surface area contributed by atoms with Crippen LogP contribution in [0.2, 0.25) is 0 Å². The summed E-state index contributed by atoms with van der Waals surface area (Å²) in [5.74, 6) is 0.968. The summed E-state index contributed by atoms with van der Waals surface area (Å²) in [6.45, 7) is 5.54. The van der Waals surface area contributed by atoms with Gasteiger partial charge in [0.2, 0.25) is 11.9 Å². The van der Waals surface area contributed by atoms with E-state index in [1.807, 2.05) is 44.2 Å². The molecule has 7 heteroatoms. The second-order valence-electron chi connectivity index (χ2n) is 6.15. The molecule has 0 radical (unpaired) electrons. The summed E-state index contributed by atoms with van der Waals surface area (Å²) in [5.41, 5.74) is 0.937. The van der Waals surface area contributed by atoms with Crippen LogP contribution in [0.5, 0.6) is 0 Å². The number of hydrogen-bond donors (Lipinski definition) is 1. The molecule has 7 nitrogen and oxygen atoms in total. The SMILES string of the molecule is CC(C)NC(=O)C1CCN(c2nnnn2-c2ccccc2)CC1. The lowest BCUT2D eigenvalue weighted by molar-refractivity contribution is -0.126. The van der Waals surface area contributed by atoms with Gasteiger partial charge in [-0.15, -0.1) is 0 Å². The molecule has 23 heavy (non-hydrogen) atoms. The van der Waals surface area contributed by atoms with Crippen LogP contribution in [0.1, 0.15) is 26.7 Å². The van der Waals surface area contributed by atoms with Crippen LogP contribution < -0.4 is 10.2 Å². The highest BCUT2D eigenvalue weighted by molar-refractivity contribution is 5.79. The van der Waals surface area contributed by atoms with Crippen molar-refractivity contribution in [2.45, 2.75) is 32.7 Å². The van der Waals surface area contributed by atoms with Gasteiger partial charge in [0.25, 0.3) is 0 Å². The number of carbonyl (C=O) groups is 1. The summed E-state index contributed by atoms with van der Waals surface area (Å²) < 4.78 is 1.74. The molecule has 0 saturated carbocycles. The number of anilines is 1. The summed E-state index contributed by atoms with van der Waals surface area (Å²) in [6.07, 6.45) is 1.64. The van der Waals surface area contributed by atoms with E-state index >= 15 is 0 Å². The van der Waals surface area contributed by atoms with Gasteiger partial charge in [0, 0.05) is 25.0 Å². The van der Waals surface area contributed by atoms with Gasteiger partial charge in [0.15, 0.2) is 0 Å². The van der Waals surface area contributed by atoms with Crippen molar-refractivity contribution in [2.24, 2.45) is 5.92 Å². The van der Waals surface area contributed by atoms with E-state index in [1.165, 1.54) is 0 Å². The van der Waals surface area contributed by atoms with Crippen LogP contribution in [0, 0.1) is 5.92 Å². The Kier molecular flexibility index (Phi) is 4.55. The maximum absolute atomic E-state index is 12.1. The Morgan fingerprint density at radius 3 is 2.57 bits per heavy atom. The fraction of sp³-hybridized carbons (Fsp3) is 0.500. The molecule has 1 fully saturated rings. The van der Waals surface area contributed by atoms with Crippen LogP contribution in [-0.2, 0) is 4.79 Å². The Morgan fingerprint density at radius 2 is 1.91 bits per heavy atom. The molecule has 1 aromatic heterocycles. The number of rotatable bonds is 4. The van der Waals surface area contributed by atoms with Crippen molar-refractivity contribution in [3.05, 3.63) is 30.3 Å². The zero-order valence-corrected chi connectivity index (χ0v) is 13.5. The molecule has 0 atom stereocenters. The van der Waals surface area contributed by atoms with E-state index in [-0.39, 0.29) is 17.9 Å². The van der Waals surface area contributed by atoms with Crippen molar-refractivity contribution in [3.63, 3.8) is 0 Å². The summed E-state index contributed by atoms with van der Waals surface area (Å²) in [4.78, 5) is 14.3. The Bertz CT molecular complexity index is 646. The molecule has 2 aromatic rings. The van der Waals surface area contributed by atoms with Gasteiger partial charge in [-0.25, -0.2) is 0 Å². The number of nitrogens with one attached hydrogen (secondary N) is 1. The van der Waals surface area contributed by atoms with Gasteiger partial charge in [-0.2, -0.15) is 4.68 Å². The number of tetrazole rings is 1. The van der Waals surface area contributed by atoms with Gasteiger partial charge in [-0.05, 0) is 49.2 Å². The lowest BCUT2D eigenvalue weighted by atomic mass is 9.96. The molecule has 122 valence electrons. The van der Waals surface area contributed by atoms with Crippen LogP contribution in [-0.4, -0.2) is 45.2 Å². The monoisotopic (exact) mass is 314 g/mol. The summed E-state index contributed by atoms with van der Waals surface area (Å²) >= 11 is 0.